The van der Waals surface area contributed by atoms with Crippen molar-refractivity contribution in [3.63, 3.8) is 0 Å². The Morgan fingerprint density at radius 1 is 1.27 bits per heavy atom. The molecule has 2 rings (SSSR count). The van der Waals surface area contributed by atoms with E-state index in [9.17, 15) is 19.2 Å². The van der Waals surface area contributed by atoms with E-state index in [1.54, 1.807) is 41.5 Å². The number of esters is 2. The van der Waals surface area contributed by atoms with E-state index in [-0.39, 0.29) is 13.2 Å². The molecule has 26 heavy (non-hydrogen) atoms. The Labute approximate surface area is 152 Å². The van der Waals surface area contributed by atoms with E-state index >= 15 is 0 Å². The molecule has 1 unspecified atom stereocenters. The van der Waals surface area contributed by atoms with Gasteiger partial charge in [-0.1, -0.05) is 19.4 Å². The maximum absolute atomic E-state index is 12.6. The lowest BCUT2D eigenvalue weighted by molar-refractivity contribution is -0.166. The predicted molar refractivity (Wildman–Crippen MR) is 89.8 cm³/mol. The number of ether oxygens (including phenoxy) is 3. The first-order chi connectivity index (χ1) is 11.8. The molecule has 8 nitrogen and oxygen atoms in total. The molecule has 1 fully saturated rings. The van der Waals surface area contributed by atoms with Crippen LogP contribution < -0.4 is 0 Å². The summed E-state index contributed by atoms with van der Waals surface area (Å²) in [4.78, 5) is 49.6. The fourth-order valence-corrected chi connectivity index (χ4v) is 2.67. The molecule has 2 aliphatic rings. The third-order valence-electron chi connectivity index (χ3n) is 4.17. The molecule has 144 valence electrons. The second kappa shape index (κ2) is 6.74. The molecule has 0 N–H and O–H groups in total. The topological polar surface area (TPSA) is 99.2 Å². The average Bonchev–Trinajstić information content (AvgIpc) is 2.72. The van der Waals surface area contributed by atoms with E-state index in [2.05, 4.69) is 0 Å². The summed E-state index contributed by atoms with van der Waals surface area (Å²) in [6, 6.07) is 0. The van der Waals surface area contributed by atoms with Gasteiger partial charge in [0.05, 0.1) is 5.92 Å². The van der Waals surface area contributed by atoms with Crippen molar-refractivity contribution in [2.45, 2.75) is 53.2 Å². The van der Waals surface area contributed by atoms with E-state index in [1.807, 2.05) is 0 Å². The highest BCUT2D eigenvalue weighted by molar-refractivity contribution is 6.01. The van der Waals surface area contributed by atoms with Crippen LogP contribution in [-0.4, -0.2) is 53.7 Å². The van der Waals surface area contributed by atoms with Crippen LogP contribution in [0.3, 0.4) is 0 Å². The Bertz CT molecular complexity index is 672. The van der Waals surface area contributed by atoms with Gasteiger partial charge in [-0.05, 0) is 27.7 Å². The van der Waals surface area contributed by atoms with E-state index < -0.39 is 47.0 Å². The number of cyclic esters (lactones) is 1. The lowest BCUT2D eigenvalue weighted by Gasteiger charge is -2.32. The fraction of sp³-hybridized carbons (Fsp3) is 0.667. The quantitative estimate of drug-likeness (QED) is 0.542. The summed E-state index contributed by atoms with van der Waals surface area (Å²) < 4.78 is 15.5. The third kappa shape index (κ3) is 4.23. The summed E-state index contributed by atoms with van der Waals surface area (Å²) in [5.41, 5.74) is -0.954. The molecule has 0 aromatic rings. The molecular formula is C18H25NO7. The summed E-state index contributed by atoms with van der Waals surface area (Å²) in [6.45, 7) is 10.1. The molecule has 2 atom stereocenters. The van der Waals surface area contributed by atoms with E-state index in [4.69, 9.17) is 14.2 Å². The van der Waals surface area contributed by atoms with E-state index in [0.29, 0.717) is 5.57 Å². The zero-order valence-electron chi connectivity index (χ0n) is 16.0. The minimum absolute atomic E-state index is 0.159. The van der Waals surface area contributed by atoms with Gasteiger partial charge in [-0.2, -0.15) is 0 Å². The molecule has 1 saturated heterocycles. The van der Waals surface area contributed by atoms with Crippen molar-refractivity contribution in [3.05, 3.63) is 11.6 Å². The van der Waals surface area contributed by atoms with Crippen molar-refractivity contribution in [1.82, 2.24) is 4.90 Å². The fourth-order valence-electron chi connectivity index (χ4n) is 2.67. The highest BCUT2D eigenvalue weighted by Crippen LogP contribution is 2.32. The first-order valence-electron chi connectivity index (χ1n) is 8.41. The number of amides is 2. The van der Waals surface area contributed by atoms with Gasteiger partial charge in [0.25, 0.3) is 5.91 Å². The highest BCUT2D eigenvalue weighted by Gasteiger charge is 2.48. The number of nitrogens with zero attached hydrogens (tertiary/aromatic N) is 1. The molecule has 0 aromatic heterocycles. The Morgan fingerprint density at radius 3 is 2.38 bits per heavy atom. The summed E-state index contributed by atoms with van der Waals surface area (Å²) >= 11 is 0. The summed E-state index contributed by atoms with van der Waals surface area (Å²) in [5, 5.41) is 0. The number of carbonyl (C=O) groups excluding carboxylic acids is 4. The van der Waals surface area contributed by atoms with Gasteiger partial charge >= 0.3 is 18.0 Å². The van der Waals surface area contributed by atoms with Crippen LogP contribution in [0.5, 0.6) is 0 Å². The Morgan fingerprint density at radius 2 is 1.88 bits per heavy atom. The predicted octanol–water partition coefficient (Wildman–Crippen LogP) is 1.82. The van der Waals surface area contributed by atoms with Crippen molar-refractivity contribution in [3.8, 4) is 0 Å². The summed E-state index contributed by atoms with van der Waals surface area (Å²) in [5.74, 6) is -2.69. The van der Waals surface area contributed by atoms with Crippen LogP contribution in [-0.2, 0) is 28.6 Å². The van der Waals surface area contributed by atoms with Crippen LogP contribution in [0, 0.1) is 11.3 Å². The van der Waals surface area contributed by atoms with E-state index in [0.717, 1.165) is 4.90 Å². The zero-order valence-corrected chi connectivity index (χ0v) is 16.0. The van der Waals surface area contributed by atoms with Crippen molar-refractivity contribution < 1.29 is 33.4 Å². The van der Waals surface area contributed by atoms with Crippen LogP contribution in [0.25, 0.3) is 0 Å². The second-order valence-corrected chi connectivity index (χ2v) is 8.28. The first kappa shape index (κ1) is 19.9. The number of carbonyl (C=O) groups is 4. The molecule has 0 aliphatic carbocycles. The second-order valence-electron chi connectivity index (χ2n) is 8.28. The SMILES string of the molecule is CC1=CC(=O)N(C(=O)OC(C)(C)C)CC1C(=O)O[C@@H]1C(=O)OCC1(C)C. The minimum atomic E-state index is -1.02. The van der Waals surface area contributed by atoms with Crippen LogP contribution in [0.2, 0.25) is 0 Å². The maximum Gasteiger partial charge on any atom is 0.417 e. The van der Waals surface area contributed by atoms with Gasteiger partial charge in [0, 0.05) is 18.0 Å². The van der Waals surface area contributed by atoms with Crippen LogP contribution in [0.1, 0.15) is 41.5 Å². The number of imide groups is 1. The average molecular weight is 367 g/mol. The van der Waals surface area contributed by atoms with Crippen LogP contribution in [0.4, 0.5) is 4.79 Å². The molecule has 0 radical (unpaired) electrons. The van der Waals surface area contributed by atoms with Crippen molar-refractivity contribution >= 4 is 23.9 Å². The van der Waals surface area contributed by atoms with Gasteiger partial charge in [-0.25, -0.2) is 14.5 Å². The van der Waals surface area contributed by atoms with Crippen molar-refractivity contribution in [2.24, 2.45) is 11.3 Å². The normalized spacial score (nSPS) is 25.5. The Balaban J connectivity index is 2.14. The minimum Gasteiger partial charge on any atom is -0.462 e. The summed E-state index contributed by atoms with van der Waals surface area (Å²) in [6.07, 6.45) is -0.641. The van der Waals surface area contributed by atoms with Gasteiger partial charge in [0.2, 0.25) is 6.10 Å². The summed E-state index contributed by atoms with van der Waals surface area (Å²) in [7, 11) is 0. The van der Waals surface area contributed by atoms with Gasteiger partial charge < -0.3 is 14.2 Å². The lowest BCUT2D eigenvalue weighted by Crippen LogP contribution is -2.48. The van der Waals surface area contributed by atoms with Gasteiger partial charge in [0.15, 0.2) is 0 Å². The number of hydrogen-bond donors (Lipinski definition) is 0. The van der Waals surface area contributed by atoms with Gasteiger partial charge in [0.1, 0.15) is 12.2 Å². The van der Waals surface area contributed by atoms with Crippen LogP contribution in [0.15, 0.2) is 11.6 Å². The standard InChI is InChI=1S/C18H25NO7/c1-10-7-12(20)19(16(23)26-17(2,3)4)8-11(10)14(21)25-13-15(22)24-9-18(13,5)6/h7,11,13H,8-9H2,1-6H3/t11?,13-/m1/s1. The Kier molecular flexibility index (Phi) is 5.17. The van der Waals surface area contributed by atoms with E-state index in [1.165, 1.54) is 6.08 Å². The molecule has 2 heterocycles. The molecule has 2 amide bonds. The maximum atomic E-state index is 12.6. The van der Waals surface area contributed by atoms with Crippen molar-refractivity contribution in [1.29, 1.82) is 0 Å². The molecule has 0 aromatic carbocycles. The number of rotatable bonds is 2. The monoisotopic (exact) mass is 367 g/mol. The first-order valence-corrected chi connectivity index (χ1v) is 8.41. The number of hydrogen-bond acceptors (Lipinski definition) is 7. The molecule has 8 heteroatoms. The largest absolute Gasteiger partial charge is 0.462 e. The third-order valence-corrected chi connectivity index (χ3v) is 4.17. The zero-order chi connectivity index (χ0) is 19.9. The molecule has 0 saturated carbocycles. The van der Waals surface area contributed by atoms with Crippen molar-refractivity contribution in [2.75, 3.05) is 13.2 Å². The van der Waals surface area contributed by atoms with Crippen LogP contribution >= 0.6 is 0 Å². The smallest absolute Gasteiger partial charge is 0.417 e. The molecule has 0 spiro atoms. The van der Waals surface area contributed by atoms with Gasteiger partial charge in [-0.15, -0.1) is 0 Å². The molecule has 2 aliphatic heterocycles. The molecule has 0 bridgehead atoms. The highest BCUT2D eigenvalue weighted by atomic mass is 16.6. The van der Waals surface area contributed by atoms with Gasteiger partial charge in [-0.3, -0.25) is 9.59 Å². The Hall–Kier alpha value is -2.38. The molecular weight excluding hydrogens is 342 g/mol. The lowest BCUT2D eigenvalue weighted by atomic mass is 9.89.